The minimum absolute atomic E-state index is 0.0461. The normalized spacial score (nSPS) is 13.5. The third-order valence-corrected chi connectivity index (χ3v) is 4.36. The Labute approximate surface area is 169 Å². The number of carbonyl (C=O) groups is 3. The zero-order chi connectivity index (χ0) is 21.0. The minimum Gasteiger partial charge on any atom is -0.482 e. The Hall–Kier alpha value is -3.30. The van der Waals surface area contributed by atoms with Crippen molar-refractivity contribution in [1.82, 2.24) is 15.4 Å². The maximum absolute atomic E-state index is 12.3. The number of nitrogens with zero attached hydrogens (tertiary/aromatic N) is 2. The monoisotopic (exact) mass is 396 g/mol. The highest BCUT2D eigenvalue weighted by molar-refractivity contribution is 6.32. The molecule has 3 amide bonds. The van der Waals surface area contributed by atoms with Crippen molar-refractivity contribution in [3.05, 3.63) is 35.7 Å². The molecule has 1 aliphatic rings. The summed E-state index contributed by atoms with van der Waals surface area (Å²) in [5.74, 6) is -0.435. The zero-order valence-corrected chi connectivity index (χ0v) is 16.2. The molecular weight excluding hydrogens is 375 g/mol. The third-order valence-electron chi connectivity index (χ3n) is 4.36. The van der Waals surface area contributed by atoms with E-state index in [9.17, 15) is 14.4 Å². The fourth-order valence-corrected chi connectivity index (χ4v) is 2.84. The highest BCUT2D eigenvalue weighted by atomic mass is 16.5. The van der Waals surface area contributed by atoms with Gasteiger partial charge in [-0.3, -0.25) is 14.4 Å². The van der Waals surface area contributed by atoms with Crippen molar-refractivity contribution in [1.29, 1.82) is 0 Å². The Balaban J connectivity index is 1.55. The van der Waals surface area contributed by atoms with Gasteiger partial charge in [0.1, 0.15) is 13.6 Å². The topological polar surface area (TPSA) is 114 Å². The Morgan fingerprint density at radius 2 is 2.07 bits per heavy atom. The van der Waals surface area contributed by atoms with Gasteiger partial charge in [0.15, 0.2) is 6.61 Å². The molecule has 3 rings (SSSR count). The maximum atomic E-state index is 12.3. The third kappa shape index (κ3) is 5.15. The maximum Gasteiger partial charge on any atom is 0.294 e. The second-order valence-electron chi connectivity index (χ2n) is 6.75. The average molecular weight is 396 g/mol. The summed E-state index contributed by atoms with van der Waals surface area (Å²) in [6, 6.07) is 6.10. The minimum atomic E-state index is -0.513. The molecule has 0 spiro atoms. The highest BCUT2D eigenvalue weighted by Gasteiger charge is 2.30. The summed E-state index contributed by atoms with van der Waals surface area (Å²) in [6.45, 7) is 4.25. The van der Waals surface area contributed by atoms with Crippen molar-refractivity contribution in [2.24, 2.45) is 0 Å². The molecule has 0 saturated carbocycles. The fraction of sp³-hybridized carbons (Fsp3) is 0.368. The van der Waals surface area contributed by atoms with Crippen LogP contribution in [-0.4, -0.2) is 61.4 Å². The van der Waals surface area contributed by atoms with Crippen LogP contribution in [0.25, 0.3) is 0 Å². The van der Waals surface area contributed by atoms with E-state index < -0.39 is 5.91 Å². The van der Waals surface area contributed by atoms with E-state index in [0.717, 1.165) is 0 Å². The number of aromatic nitrogens is 1. The van der Waals surface area contributed by atoms with Crippen LogP contribution in [0.4, 0.5) is 5.69 Å². The van der Waals surface area contributed by atoms with E-state index in [1.165, 1.54) is 12.1 Å². The molecule has 0 aliphatic carbocycles. The summed E-state index contributed by atoms with van der Waals surface area (Å²) in [7, 11) is 5.79. The summed E-state index contributed by atoms with van der Waals surface area (Å²) in [5.41, 5.74) is 1.30. The zero-order valence-electron chi connectivity index (χ0n) is 16.2. The molecule has 0 bridgehead atoms. The molecule has 2 aromatic rings. The van der Waals surface area contributed by atoms with E-state index in [2.05, 4.69) is 15.8 Å². The quantitative estimate of drug-likeness (QED) is 0.644. The van der Waals surface area contributed by atoms with E-state index in [1.807, 2.05) is 0 Å². The number of carbonyl (C=O) groups excluding carboxylic acids is 3. The molecule has 2 heterocycles. The number of aryl methyl sites for hydroxylation is 1. The van der Waals surface area contributed by atoms with Gasteiger partial charge in [-0.15, -0.1) is 0 Å². The Morgan fingerprint density at radius 1 is 1.31 bits per heavy atom. The summed E-state index contributed by atoms with van der Waals surface area (Å²) < 4.78 is 10.5. The molecule has 0 atom stereocenters. The standard InChI is InChI=1S/C19H21BN4O5/c1-3-18(26)24-8-13(9-24)21-17(25)10-28-15-5-4-12(20)7-14(15)22-19(27)16-6-11(2)23-29-16/h4-7,13H,3,8-10H2,1-2H3,(H,21,25)(H,22,27). The van der Waals surface area contributed by atoms with Gasteiger partial charge < -0.3 is 24.8 Å². The summed E-state index contributed by atoms with van der Waals surface area (Å²) in [4.78, 5) is 37.6. The van der Waals surface area contributed by atoms with Crippen molar-refractivity contribution in [3.8, 4) is 5.75 Å². The van der Waals surface area contributed by atoms with E-state index in [1.54, 1.807) is 30.9 Å². The summed E-state index contributed by atoms with van der Waals surface area (Å²) in [5, 5.41) is 9.11. The lowest BCUT2D eigenvalue weighted by molar-refractivity contribution is -0.138. The van der Waals surface area contributed by atoms with Crippen LogP contribution in [0, 0.1) is 6.92 Å². The van der Waals surface area contributed by atoms with Crippen LogP contribution in [0.1, 0.15) is 29.6 Å². The number of benzene rings is 1. The fourth-order valence-electron chi connectivity index (χ4n) is 2.84. The molecule has 10 heteroatoms. The number of nitrogens with one attached hydrogen (secondary N) is 2. The van der Waals surface area contributed by atoms with Crippen LogP contribution in [0.3, 0.4) is 0 Å². The predicted octanol–water partition coefficient (Wildman–Crippen LogP) is 0.145. The Bertz CT molecular complexity index is 923. The van der Waals surface area contributed by atoms with Crippen LogP contribution in [0.2, 0.25) is 0 Å². The first-order valence-electron chi connectivity index (χ1n) is 9.19. The Morgan fingerprint density at radius 3 is 2.72 bits per heavy atom. The van der Waals surface area contributed by atoms with Gasteiger partial charge in [0.25, 0.3) is 11.8 Å². The molecule has 29 heavy (non-hydrogen) atoms. The molecule has 1 aliphatic heterocycles. The number of anilines is 1. The average Bonchev–Trinajstić information content (AvgIpc) is 3.09. The van der Waals surface area contributed by atoms with Gasteiger partial charge in [-0.1, -0.05) is 23.6 Å². The number of hydrogen-bond acceptors (Lipinski definition) is 6. The summed E-state index contributed by atoms with van der Waals surface area (Å²) >= 11 is 0. The molecule has 150 valence electrons. The second kappa shape index (κ2) is 8.81. The van der Waals surface area contributed by atoms with Crippen molar-refractivity contribution < 1.29 is 23.6 Å². The number of likely N-dealkylation sites (tertiary alicyclic amines) is 1. The van der Waals surface area contributed by atoms with Gasteiger partial charge in [-0.25, -0.2) is 0 Å². The van der Waals surface area contributed by atoms with Crippen LogP contribution in [0.5, 0.6) is 5.75 Å². The van der Waals surface area contributed by atoms with Crippen LogP contribution < -0.4 is 20.8 Å². The number of amides is 3. The first-order valence-corrected chi connectivity index (χ1v) is 9.19. The molecule has 9 nitrogen and oxygen atoms in total. The first kappa shape index (κ1) is 20.4. The van der Waals surface area contributed by atoms with Crippen LogP contribution in [0.15, 0.2) is 28.8 Å². The molecule has 1 aromatic heterocycles. The first-order chi connectivity index (χ1) is 13.9. The molecule has 1 fully saturated rings. The van der Waals surface area contributed by atoms with E-state index in [-0.39, 0.29) is 36.0 Å². The lowest BCUT2D eigenvalue weighted by Crippen LogP contribution is -2.61. The summed E-state index contributed by atoms with van der Waals surface area (Å²) in [6.07, 6.45) is 0.447. The van der Waals surface area contributed by atoms with Crippen molar-refractivity contribution >= 4 is 36.7 Å². The second-order valence-corrected chi connectivity index (χ2v) is 6.75. The van der Waals surface area contributed by atoms with Crippen molar-refractivity contribution in [3.63, 3.8) is 0 Å². The van der Waals surface area contributed by atoms with Gasteiger partial charge in [0.2, 0.25) is 11.7 Å². The Kier molecular flexibility index (Phi) is 6.21. The van der Waals surface area contributed by atoms with Crippen molar-refractivity contribution in [2.45, 2.75) is 26.3 Å². The van der Waals surface area contributed by atoms with E-state index in [4.69, 9.17) is 17.1 Å². The molecule has 2 N–H and O–H groups in total. The smallest absolute Gasteiger partial charge is 0.294 e. The van der Waals surface area contributed by atoms with Gasteiger partial charge in [0.05, 0.1) is 17.4 Å². The van der Waals surface area contributed by atoms with Crippen molar-refractivity contribution in [2.75, 3.05) is 25.0 Å². The largest absolute Gasteiger partial charge is 0.482 e. The van der Waals surface area contributed by atoms with E-state index >= 15 is 0 Å². The predicted molar refractivity (Wildman–Crippen MR) is 105 cm³/mol. The molecule has 2 radical (unpaired) electrons. The van der Waals surface area contributed by atoms with Gasteiger partial charge >= 0.3 is 0 Å². The molecular formula is C19H21BN4O5. The number of ether oxygens (including phenoxy) is 1. The van der Waals surface area contributed by atoms with Gasteiger partial charge in [-0.05, 0) is 19.1 Å². The van der Waals surface area contributed by atoms with Crippen LogP contribution in [-0.2, 0) is 9.59 Å². The highest BCUT2D eigenvalue weighted by Crippen LogP contribution is 2.23. The number of hydrogen-bond donors (Lipinski definition) is 2. The molecule has 0 unspecified atom stereocenters. The molecule has 1 saturated heterocycles. The van der Waals surface area contributed by atoms with Gasteiger partial charge in [0, 0.05) is 25.6 Å². The van der Waals surface area contributed by atoms with E-state index in [0.29, 0.717) is 36.4 Å². The lowest BCUT2D eigenvalue weighted by atomic mass is 9.95. The molecule has 1 aromatic carbocycles. The number of rotatable bonds is 7. The van der Waals surface area contributed by atoms with Gasteiger partial charge in [-0.2, -0.15) is 0 Å². The lowest BCUT2D eigenvalue weighted by Gasteiger charge is -2.39. The van der Waals surface area contributed by atoms with Crippen LogP contribution >= 0.6 is 0 Å². The SMILES string of the molecule is [B]c1ccc(OCC(=O)NC2CN(C(=O)CC)C2)c(NC(=O)c2cc(C)no2)c1.